The summed E-state index contributed by atoms with van der Waals surface area (Å²) in [4.78, 5) is 6.90. The molecule has 0 bridgehead atoms. The van der Waals surface area contributed by atoms with E-state index in [0.29, 0.717) is 0 Å². The first-order valence-corrected chi connectivity index (χ1v) is 6.84. The van der Waals surface area contributed by atoms with Gasteiger partial charge in [0.25, 0.3) is 0 Å². The lowest BCUT2D eigenvalue weighted by atomic mass is 10.1. The standard InChI is InChI=1S/C15H14N4O/c1-2-8-19(7-1)15-6-4-12(10-16-15)11-3-5-13-14(9-11)18-20-17-13/h3-6,9-10H,1-2,7-8H2. The van der Waals surface area contributed by atoms with E-state index in [9.17, 15) is 0 Å². The number of nitrogens with zero attached hydrogens (tertiary/aromatic N) is 4. The molecule has 0 atom stereocenters. The van der Waals surface area contributed by atoms with Crippen LogP contribution in [0.5, 0.6) is 0 Å². The quantitative estimate of drug-likeness (QED) is 0.714. The molecule has 5 heteroatoms. The van der Waals surface area contributed by atoms with Gasteiger partial charge in [0.1, 0.15) is 16.9 Å². The lowest BCUT2D eigenvalue weighted by molar-refractivity contribution is 0.315. The Balaban J connectivity index is 1.67. The maximum absolute atomic E-state index is 4.72. The Hall–Kier alpha value is -2.43. The third-order valence-electron chi connectivity index (χ3n) is 3.77. The Morgan fingerprint density at radius 3 is 2.50 bits per heavy atom. The van der Waals surface area contributed by atoms with Gasteiger partial charge in [0.15, 0.2) is 0 Å². The SMILES string of the molecule is c1cc(N2CCCC2)ncc1-c1ccc2nonc2c1. The van der Waals surface area contributed by atoms with Gasteiger partial charge in [-0.15, -0.1) is 0 Å². The fourth-order valence-corrected chi connectivity index (χ4v) is 2.65. The number of rotatable bonds is 2. The predicted octanol–water partition coefficient (Wildman–Crippen LogP) is 2.89. The zero-order chi connectivity index (χ0) is 13.4. The third kappa shape index (κ3) is 1.91. The molecule has 0 radical (unpaired) electrons. The molecule has 1 fully saturated rings. The van der Waals surface area contributed by atoms with E-state index in [1.165, 1.54) is 12.8 Å². The van der Waals surface area contributed by atoms with E-state index < -0.39 is 0 Å². The molecule has 0 spiro atoms. The van der Waals surface area contributed by atoms with Crippen LogP contribution in [0.4, 0.5) is 5.82 Å². The van der Waals surface area contributed by atoms with E-state index in [2.05, 4.69) is 32.3 Å². The second-order valence-corrected chi connectivity index (χ2v) is 5.07. The first kappa shape index (κ1) is 11.4. The average Bonchev–Trinajstić information content (AvgIpc) is 3.18. The molecule has 2 aromatic heterocycles. The van der Waals surface area contributed by atoms with Gasteiger partial charge in [-0.3, -0.25) is 0 Å². The number of fused-ring (bicyclic) bond motifs is 1. The minimum Gasteiger partial charge on any atom is -0.357 e. The van der Waals surface area contributed by atoms with Gasteiger partial charge in [-0.2, -0.15) is 0 Å². The smallest absolute Gasteiger partial charge is 0.135 e. The van der Waals surface area contributed by atoms with E-state index in [4.69, 9.17) is 4.63 Å². The topological polar surface area (TPSA) is 55.1 Å². The molecular weight excluding hydrogens is 252 g/mol. The number of aromatic nitrogens is 3. The highest BCUT2D eigenvalue weighted by Gasteiger charge is 2.13. The molecule has 4 rings (SSSR count). The minimum absolute atomic E-state index is 0.770. The van der Waals surface area contributed by atoms with Gasteiger partial charge in [0, 0.05) is 24.8 Å². The van der Waals surface area contributed by atoms with E-state index in [1.807, 2.05) is 24.4 Å². The number of benzene rings is 1. The van der Waals surface area contributed by atoms with Crippen LogP contribution < -0.4 is 4.90 Å². The third-order valence-corrected chi connectivity index (χ3v) is 3.77. The fourth-order valence-electron chi connectivity index (χ4n) is 2.65. The average molecular weight is 266 g/mol. The van der Waals surface area contributed by atoms with Crippen LogP contribution >= 0.6 is 0 Å². The van der Waals surface area contributed by atoms with Crippen molar-refractivity contribution in [1.82, 2.24) is 15.3 Å². The first-order chi connectivity index (χ1) is 9.90. The van der Waals surface area contributed by atoms with Gasteiger partial charge >= 0.3 is 0 Å². The van der Waals surface area contributed by atoms with Crippen molar-refractivity contribution < 1.29 is 4.63 Å². The summed E-state index contributed by atoms with van der Waals surface area (Å²) < 4.78 is 4.72. The molecule has 1 aliphatic rings. The van der Waals surface area contributed by atoms with Crippen LogP contribution in [-0.2, 0) is 0 Å². The number of hydrogen-bond acceptors (Lipinski definition) is 5. The highest BCUT2D eigenvalue weighted by molar-refractivity contribution is 5.80. The van der Waals surface area contributed by atoms with Crippen molar-refractivity contribution in [3.05, 3.63) is 36.5 Å². The van der Waals surface area contributed by atoms with Gasteiger partial charge in [0.2, 0.25) is 0 Å². The Morgan fingerprint density at radius 2 is 1.70 bits per heavy atom. The van der Waals surface area contributed by atoms with Crippen LogP contribution in [0.25, 0.3) is 22.2 Å². The highest BCUT2D eigenvalue weighted by atomic mass is 16.6. The van der Waals surface area contributed by atoms with E-state index in [-0.39, 0.29) is 0 Å². The zero-order valence-corrected chi connectivity index (χ0v) is 11.0. The van der Waals surface area contributed by atoms with Crippen LogP contribution in [0, 0.1) is 0 Å². The maximum Gasteiger partial charge on any atom is 0.135 e. The van der Waals surface area contributed by atoms with Crippen molar-refractivity contribution in [2.75, 3.05) is 18.0 Å². The Bertz CT molecular complexity index is 729. The molecule has 20 heavy (non-hydrogen) atoms. The predicted molar refractivity (Wildman–Crippen MR) is 76.5 cm³/mol. The van der Waals surface area contributed by atoms with E-state index in [1.54, 1.807) is 0 Å². The summed E-state index contributed by atoms with van der Waals surface area (Å²) in [7, 11) is 0. The summed E-state index contributed by atoms with van der Waals surface area (Å²) in [6.45, 7) is 2.23. The van der Waals surface area contributed by atoms with Crippen molar-refractivity contribution in [2.45, 2.75) is 12.8 Å². The molecule has 1 aromatic carbocycles. The Kier molecular flexibility index (Phi) is 2.62. The van der Waals surface area contributed by atoms with Crippen LogP contribution in [0.1, 0.15) is 12.8 Å². The Labute approximate surface area is 116 Å². The monoisotopic (exact) mass is 266 g/mol. The number of pyridine rings is 1. The van der Waals surface area contributed by atoms with E-state index in [0.717, 1.165) is 41.1 Å². The van der Waals surface area contributed by atoms with Gasteiger partial charge in [-0.05, 0) is 53.0 Å². The second kappa shape index (κ2) is 4.59. The fraction of sp³-hybridized carbons (Fsp3) is 0.267. The van der Waals surface area contributed by atoms with Gasteiger partial charge in [0.05, 0.1) is 0 Å². The van der Waals surface area contributed by atoms with Crippen molar-refractivity contribution in [1.29, 1.82) is 0 Å². The van der Waals surface area contributed by atoms with Crippen LogP contribution in [-0.4, -0.2) is 28.4 Å². The normalized spacial score (nSPS) is 15.1. The maximum atomic E-state index is 4.72. The summed E-state index contributed by atoms with van der Waals surface area (Å²) in [5, 5.41) is 7.68. The van der Waals surface area contributed by atoms with Crippen LogP contribution in [0.3, 0.4) is 0 Å². The largest absolute Gasteiger partial charge is 0.357 e. The first-order valence-electron chi connectivity index (χ1n) is 6.84. The molecule has 1 saturated heterocycles. The summed E-state index contributed by atoms with van der Waals surface area (Å²) in [5.74, 6) is 1.07. The Morgan fingerprint density at radius 1 is 0.900 bits per heavy atom. The van der Waals surface area contributed by atoms with Crippen LogP contribution in [0.15, 0.2) is 41.2 Å². The summed E-state index contributed by atoms with van der Waals surface area (Å²) in [6, 6.07) is 10.1. The molecule has 0 N–H and O–H groups in total. The van der Waals surface area contributed by atoms with Gasteiger partial charge < -0.3 is 4.90 Å². The van der Waals surface area contributed by atoms with Crippen molar-refractivity contribution >= 4 is 16.9 Å². The molecule has 3 heterocycles. The van der Waals surface area contributed by atoms with Gasteiger partial charge in [-0.25, -0.2) is 9.61 Å². The molecule has 0 amide bonds. The highest BCUT2D eigenvalue weighted by Crippen LogP contribution is 2.25. The molecule has 0 saturated carbocycles. The molecular formula is C15H14N4O. The molecule has 3 aromatic rings. The number of anilines is 1. The molecule has 0 aliphatic carbocycles. The van der Waals surface area contributed by atoms with E-state index >= 15 is 0 Å². The molecule has 0 unspecified atom stereocenters. The minimum atomic E-state index is 0.770. The lowest BCUT2D eigenvalue weighted by Crippen LogP contribution is -2.18. The number of hydrogen-bond donors (Lipinski definition) is 0. The second-order valence-electron chi connectivity index (χ2n) is 5.07. The molecule has 1 aliphatic heterocycles. The summed E-state index contributed by atoms with van der Waals surface area (Å²) in [5.41, 5.74) is 3.70. The summed E-state index contributed by atoms with van der Waals surface area (Å²) >= 11 is 0. The van der Waals surface area contributed by atoms with Crippen molar-refractivity contribution in [3.8, 4) is 11.1 Å². The van der Waals surface area contributed by atoms with Crippen molar-refractivity contribution in [2.24, 2.45) is 0 Å². The summed E-state index contributed by atoms with van der Waals surface area (Å²) in [6.07, 6.45) is 4.45. The zero-order valence-electron chi connectivity index (χ0n) is 11.0. The van der Waals surface area contributed by atoms with Crippen LogP contribution in [0.2, 0.25) is 0 Å². The van der Waals surface area contributed by atoms with Crippen molar-refractivity contribution in [3.63, 3.8) is 0 Å². The van der Waals surface area contributed by atoms with Gasteiger partial charge in [-0.1, -0.05) is 6.07 Å². The lowest BCUT2D eigenvalue weighted by Gasteiger charge is -2.16. The molecule has 100 valence electrons. The molecule has 5 nitrogen and oxygen atoms in total.